The van der Waals surface area contributed by atoms with E-state index in [9.17, 15) is 4.79 Å². The molecule has 1 aromatic carbocycles. The van der Waals surface area contributed by atoms with Crippen molar-refractivity contribution in [1.29, 1.82) is 0 Å². The number of nitrogens with one attached hydrogen (secondary N) is 1. The van der Waals surface area contributed by atoms with Crippen LogP contribution in [0.15, 0.2) is 24.3 Å². The van der Waals surface area contributed by atoms with Crippen molar-refractivity contribution in [2.45, 2.75) is 26.5 Å². The van der Waals surface area contributed by atoms with E-state index in [4.69, 9.17) is 15.2 Å². The lowest BCUT2D eigenvalue weighted by Crippen LogP contribution is -2.23. The number of carbonyl (C=O) groups is 1. The number of rotatable bonds is 9. The summed E-state index contributed by atoms with van der Waals surface area (Å²) in [6, 6.07) is 7.96. The predicted molar refractivity (Wildman–Crippen MR) is 73.9 cm³/mol. The first-order valence-corrected chi connectivity index (χ1v) is 6.40. The highest BCUT2D eigenvalue weighted by Crippen LogP contribution is 2.13. The molecule has 19 heavy (non-hydrogen) atoms. The minimum absolute atomic E-state index is 0.0249. The maximum Gasteiger partial charge on any atom is 0.243 e. The van der Waals surface area contributed by atoms with Crippen LogP contribution in [0, 0.1) is 0 Å². The van der Waals surface area contributed by atoms with Crippen LogP contribution in [0.5, 0.6) is 5.75 Å². The summed E-state index contributed by atoms with van der Waals surface area (Å²) in [5.74, 6) is 0.435. The average molecular weight is 266 g/mol. The minimum atomic E-state index is -0.444. The van der Waals surface area contributed by atoms with E-state index in [0.717, 1.165) is 12.3 Å². The molecule has 3 N–H and O–H groups in total. The SMILES string of the molecule is CC(C)Oc1ccc(CNCCOCC(N)=O)cc1. The van der Waals surface area contributed by atoms with Crippen molar-refractivity contribution < 1.29 is 14.3 Å². The lowest BCUT2D eigenvalue weighted by atomic mass is 10.2. The second-order valence-electron chi connectivity index (χ2n) is 4.51. The van der Waals surface area contributed by atoms with Crippen molar-refractivity contribution in [1.82, 2.24) is 5.32 Å². The van der Waals surface area contributed by atoms with Crippen LogP contribution in [-0.2, 0) is 16.1 Å². The van der Waals surface area contributed by atoms with E-state index in [1.54, 1.807) is 0 Å². The molecule has 0 spiro atoms. The van der Waals surface area contributed by atoms with Gasteiger partial charge in [0, 0.05) is 13.1 Å². The largest absolute Gasteiger partial charge is 0.491 e. The van der Waals surface area contributed by atoms with Crippen LogP contribution >= 0.6 is 0 Å². The first-order chi connectivity index (χ1) is 9.08. The Hall–Kier alpha value is -1.59. The van der Waals surface area contributed by atoms with Crippen molar-refractivity contribution in [2.75, 3.05) is 19.8 Å². The lowest BCUT2D eigenvalue weighted by Gasteiger charge is -2.10. The number of ether oxygens (including phenoxy) is 2. The summed E-state index contributed by atoms with van der Waals surface area (Å²) < 4.78 is 10.6. The van der Waals surface area contributed by atoms with E-state index in [-0.39, 0.29) is 12.7 Å². The Balaban J connectivity index is 2.17. The van der Waals surface area contributed by atoms with Gasteiger partial charge in [0.25, 0.3) is 0 Å². The number of hydrogen-bond donors (Lipinski definition) is 2. The van der Waals surface area contributed by atoms with Gasteiger partial charge >= 0.3 is 0 Å². The van der Waals surface area contributed by atoms with E-state index >= 15 is 0 Å². The van der Waals surface area contributed by atoms with Crippen LogP contribution in [0.1, 0.15) is 19.4 Å². The van der Waals surface area contributed by atoms with Gasteiger partial charge in [-0.05, 0) is 31.5 Å². The standard InChI is InChI=1S/C14H22N2O3/c1-11(2)19-13-5-3-12(4-6-13)9-16-7-8-18-10-14(15)17/h3-6,11,16H,7-10H2,1-2H3,(H2,15,17). The van der Waals surface area contributed by atoms with Crippen LogP contribution in [0.4, 0.5) is 0 Å². The monoisotopic (exact) mass is 266 g/mol. The van der Waals surface area contributed by atoms with Crippen molar-refractivity contribution in [3.8, 4) is 5.75 Å². The molecule has 0 atom stereocenters. The number of carbonyl (C=O) groups excluding carboxylic acids is 1. The predicted octanol–water partition coefficient (Wildman–Crippen LogP) is 1.07. The Bertz CT molecular complexity index is 377. The van der Waals surface area contributed by atoms with Crippen molar-refractivity contribution >= 4 is 5.91 Å². The zero-order chi connectivity index (χ0) is 14.1. The molecule has 1 rings (SSSR count). The molecule has 0 unspecified atom stereocenters. The van der Waals surface area contributed by atoms with E-state index < -0.39 is 5.91 Å². The summed E-state index contributed by atoms with van der Waals surface area (Å²) in [4.78, 5) is 10.4. The zero-order valence-electron chi connectivity index (χ0n) is 11.5. The summed E-state index contributed by atoms with van der Waals surface area (Å²) >= 11 is 0. The molecule has 0 radical (unpaired) electrons. The first kappa shape index (κ1) is 15.5. The average Bonchev–Trinajstić information content (AvgIpc) is 2.34. The van der Waals surface area contributed by atoms with Gasteiger partial charge in [0.15, 0.2) is 0 Å². The van der Waals surface area contributed by atoms with Crippen molar-refractivity contribution in [2.24, 2.45) is 5.73 Å². The molecule has 0 aromatic heterocycles. The molecule has 1 aromatic rings. The molecule has 0 aliphatic rings. The normalized spacial score (nSPS) is 10.7. The van der Waals surface area contributed by atoms with E-state index in [1.807, 2.05) is 38.1 Å². The smallest absolute Gasteiger partial charge is 0.243 e. The third kappa shape index (κ3) is 7.43. The van der Waals surface area contributed by atoms with Crippen molar-refractivity contribution in [3.05, 3.63) is 29.8 Å². The van der Waals surface area contributed by atoms with Crippen LogP contribution < -0.4 is 15.8 Å². The Morgan fingerprint density at radius 1 is 1.32 bits per heavy atom. The fraction of sp³-hybridized carbons (Fsp3) is 0.500. The number of benzene rings is 1. The first-order valence-electron chi connectivity index (χ1n) is 6.40. The van der Waals surface area contributed by atoms with Gasteiger partial charge < -0.3 is 20.5 Å². The molecule has 0 aliphatic carbocycles. The lowest BCUT2D eigenvalue weighted by molar-refractivity contribution is -0.122. The topological polar surface area (TPSA) is 73.6 Å². The van der Waals surface area contributed by atoms with Gasteiger partial charge in [0.05, 0.1) is 12.7 Å². The van der Waals surface area contributed by atoms with E-state index in [0.29, 0.717) is 13.2 Å². The highest BCUT2D eigenvalue weighted by molar-refractivity contribution is 5.74. The molecule has 106 valence electrons. The number of amides is 1. The van der Waals surface area contributed by atoms with Gasteiger partial charge in [-0.25, -0.2) is 0 Å². The third-order valence-corrected chi connectivity index (χ3v) is 2.29. The third-order valence-electron chi connectivity index (χ3n) is 2.29. The van der Waals surface area contributed by atoms with Gasteiger partial charge in [0.1, 0.15) is 12.4 Å². The number of hydrogen-bond acceptors (Lipinski definition) is 4. The van der Waals surface area contributed by atoms with Gasteiger partial charge in [0.2, 0.25) is 5.91 Å². The van der Waals surface area contributed by atoms with Crippen molar-refractivity contribution in [3.63, 3.8) is 0 Å². The highest BCUT2D eigenvalue weighted by atomic mass is 16.5. The van der Waals surface area contributed by atoms with Crippen LogP contribution in [0.2, 0.25) is 0 Å². The highest BCUT2D eigenvalue weighted by Gasteiger charge is 1.98. The fourth-order valence-electron chi connectivity index (χ4n) is 1.51. The fourth-order valence-corrected chi connectivity index (χ4v) is 1.51. The van der Waals surface area contributed by atoms with Gasteiger partial charge in [-0.3, -0.25) is 4.79 Å². The number of primary amides is 1. The van der Waals surface area contributed by atoms with Gasteiger partial charge in [-0.2, -0.15) is 0 Å². The molecule has 0 saturated carbocycles. The Labute approximate surface area is 114 Å². The molecule has 0 fully saturated rings. The Kier molecular flexibility index (Phi) is 6.92. The van der Waals surface area contributed by atoms with Gasteiger partial charge in [-0.15, -0.1) is 0 Å². The van der Waals surface area contributed by atoms with E-state index in [2.05, 4.69) is 5.32 Å². The molecular weight excluding hydrogens is 244 g/mol. The summed E-state index contributed by atoms with van der Waals surface area (Å²) in [6.07, 6.45) is 0.186. The summed E-state index contributed by atoms with van der Waals surface area (Å²) in [5, 5.41) is 3.22. The minimum Gasteiger partial charge on any atom is -0.491 e. The molecule has 5 nitrogen and oxygen atoms in total. The van der Waals surface area contributed by atoms with Crippen LogP contribution in [-0.4, -0.2) is 31.8 Å². The molecule has 0 bridgehead atoms. The molecule has 5 heteroatoms. The number of nitrogens with two attached hydrogens (primary N) is 1. The molecule has 0 heterocycles. The zero-order valence-corrected chi connectivity index (χ0v) is 11.5. The van der Waals surface area contributed by atoms with E-state index in [1.165, 1.54) is 5.56 Å². The second-order valence-corrected chi connectivity index (χ2v) is 4.51. The molecule has 0 aliphatic heterocycles. The second kappa shape index (κ2) is 8.50. The summed E-state index contributed by atoms with van der Waals surface area (Å²) in [5.41, 5.74) is 6.12. The Morgan fingerprint density at radius 3 is 2.58 bits per heavy atom. The molecular formula is C14H22N2O3. The summed E-state index contributed by atoms with van der Waals surface area (Å²) in [7, 11) is 0. The maximum atomic E-state index is 10.4. The van der Waals surface area contributed by atoms with Crippen LogP contribution in [0.3, 0.4) is 0 Å². The van der Waals surface area contributed by atoms with Crippen LogP contribution in [0.25, 0.3) is 0 Å². The Morgan fingerprint density at radius 2 is 2.00 bits per heavy atom. The maximum absolute atomic E-state index is 10.4. The molecule has 0 saturated heterocycles. The molecule has 1 amide bonds. The quantitative estimate of drug-likeness (QED) is 0.656. The summed E-state index contributed by atoms with van der Waals surface area (Å²) in [6.45, 7) is 5.88. The van der Waals surface area contributed by atoms with Gasteiger partial charge in [-0.1, -0.05) is 12.1 Å².